The van der Waals surface area contributed by atoms with Crippen LogP contribution in [0, 0.1) is 0 Å². The van der Waals surface area contributed by atoms with Crippen LogP contribution in [0.1, 0.15) is 24.0 Å². The SMILES string of the molecule is CN(Cc1ccc(Cl)cc1)C(=O)[C@H]1CCCN1C(=O)Nc1ccc(C(F)(F)F)cc1Br. The quantitative estimate of drug-likeness (QED) is 0.558. The molecule has 3 rings (SSSR count). The van der Waals surface area contributed by atoms with Gasteiger partial charge in [0.2, 0.25) is 5.91 Å². The van der Waals surface area contributed by atoms with Gasteiger partial charge >= 0.3 is 12.2 Å². The van der Waals surface area contributed by atoms with Gasteiger partial charge in [-0.2, -0.15) is 13.2 Å². The van der Waals surface area contributed by atoms with Crippen molar-refractivity contribution in [2.45, 2.75) is 31.6 Å². The largest absolute Gasteiger partial charge is 0.416 e. The highest BCUT2D eigenvalue weighted by Gasteiger charge is 2.36. The highest BCUT2D eigenvalue weighted by atomic mass is 79.9. The number of halogens is 5. The van der Waals surface area contributed by atoms with Gasteiger partial charge in [-0.3, -0.25) is 4.79 Å². The van der Waals surface area contributed by atoms with Crippen molar-refractivity contribution in [2.24, 2.45) is 0 Å². The molecule has 2 aromatic rings. The van der Waals surface area contributed by atoms with E-state index in [1.807, 2.05) is 12.1 Å². The third-order valence-electron chi connectivity index (χ3n) is 5.05. The molecule has 10 heteroatoms. The lowest BCUT2D eigenvalue weighted by molar-refractivity contribution is -0.137. The minimum atomic E-state index is -4.48. The van der Waals surface area contributed by atoms with E-state index in [9.17, 15) is 22.8 Å². The lowest BCUT2D eigenvalue weighted by atomic mass is 10.1. The third kappa shape index (κ3) is 5.71. The zero-order chi connectivity index (χ0) is 22.8. The van der Waals surface area contributed by atoms with E-state index in [1.54, 1.807) is 24.1 Å². The molecule has 0 aliphatic carbocycles. The van der Waals surface area contributed by atoms with Crippen LogP contribution < -0.4 is 5.32 Å². The molecular weight excluding hydrogens is 499 g/mol. The summed E-state index contributed by atoms with van der Waals surface area (Å²) in [6, 6.07) is 8.96. The van der Waals surface area contributed by atoms with Crippen LogP contribution in [0.5, 0.6) is 0 Å². The lowest BCUT2D eigenvalue weighted by Crippen LogP contribution is -2.47. The molecule has 0 radical (unpaired) electrons. The molecule has 0 unspecified atom stereocenters. The highest BCUT2D eigenvalue weighted by molar-refractivity contribution is 9.10. The summed E-state index contributed by atoms with van der Waals surface area (Å²) in [6.45, 7) is 0.752. The topological polar surface area (TPSA) is 52.7 Å². The van der Waals surface area contributed by atoms with Crippen molar-refractivity contribution in [3.05, 3.63) is 63.1 Å². The first-order chi connectivity index (χ1) is 14.6. The number of carbonyl (C=O) groups excluding carboxylic acids is 2. The van der Waals surface area contributed by atoms with E-state index in [4.69, 9.17) is 11.6 Å². The van der Waals surface area contributed by atoms with E-state index in [0.717, 1.165) is 17.7 Å². The first kappa shape index (κ1) is 23.4. The van der Waals surface area contributed by atoms with Gasteiger partial charge in [0, 0.05) is 29.6 Å². The Balaban J connectivity index is 1.67. The number of urea groups is 1. The van der Waals surface area contributed by atoms with Crippen molar-refractivity contribution in [1.82, 2.24) is 9.80 Å². The summed E-state index contributed by atoms with van der Waals surface area (Å²) in [5.41, 5.74) is 0.281. The zero-order valence-electron chi connectivity index (χ0n) is 16.5. The van der Waals surface area contributed by atoms with Gasteiger partial charge in [0.15, 0.2) is 0 Å². The fraction of sp³-hybridized carbons (Fsp3) is 0.333. The summed E-state index contributed by atoms with van der Waals surface area (Å²) in [7, 11) is 1.66. The number of likely N-dealkylation sites (N-methyl/N-ethyl adjacent to an activating group) is 1. The van der Waals surface area contributed by atoms with E-state index >= 15 is 0 Å². The maximum Gasteiger partial charge on any atom is 0.416 e. The minimum Gasteiger partial charge on any atom is -0.340 e. The molecule has 1 saturated heterocycles. The minimum absolute atomic E-state index is 0.109. The van der Waals surface area contributed by atoms with Gasteiger partial charge in [0.25, 0.3) is 0 Å². The van der Waals surface area contributed by atoms with Gasteiger partial charge in [0.05, 0.1) is 11.3 Å². The van der Waals surface area contributed by atoms with Crippen molar-refractivity contribution in [1.29, 1.82) is 0 Å². The standard InChI is InChI=1S/C21H20BrClF3N3O2/c1-28(12-13-4-7-15(23)8-5-13)19(30)18-3-2-10-29(18)20(31)27-17-9-6-14(11-16(17)22)21(24,25)26/h4-9,11,18H,2-3,10,12H2,1H3,(H,27,31)/t18-/m1/s1. The number of alkyl halides is 3. The van der Waals surface area contributed by atoms with Gasteiger partial charge in [-0.1, -0.05) is 23.7 Å². The number of likely N-dealkylation sites (tertiary alicyclic amines) is 1. The van der Waals surface area contributed by atoms with E-state index in [2.05, 4.69) is 21.2 Å². The Labute approximate surface area is 191 Å². The lowest BCUT2D eigenvalue weighted by Gasteiger charge is -2.28. The van der Waals surface area contributed by atoms with Gasteiger partial charge in [0.1, 0.15) is 6.04 Å². The molecule has 1 fully saturated rings. The van der Waals surface area contributed by atoms with Crippen LogP contribution in [0.3, 0.4) is 0 Å². The maximum absolute atomic E-state index is 12.9. The molecule has 2 aromatic carbocycles. The number of hydrogen-bond donors (Lipinski definition) is 1. The molecule has 1 aliphatic heterocycles. The van der Waals surface area contributed by atoms with Crippen molar-refractivity contribution >= 4 is 45.2 Å². The van der Waals surface area contributed by atoms with E-state index in [0.29, 0.717) is 31.0 Å². The molecule has 0 saturated carbocycles. The molecule has 0 aromatic heterocycles. The molecule has 1 heterocycles. The summed E-state index contributed by atoms with van der Waals surface area (Å²) in [6.07, 6.45) is -3.30. The summed E-state index contributed by atoms with van der Waals surface area (Å²) in [5, 5.41) is 3.20. The smallest absolute Gasteiger partial charge is 0.340 e. The van der Waals surface area contributed by atoms with Crippen molar-refractivity contribution in [3.63, 3.8) is 0 Å². The predicted molar refractivity (Wildman–Crippen MR) is 116 cm³/mol. The number of nitrogens with zero attached hydrogens (tertiary/aromatic N) is 2. The van der Waals surface area contributed by atoms with Gasteiger partial charge in [-0.25, -0.2) is 4.79 Å². The number of carbonyl (C=O) groups is 2. The Morgan fingerprint density at radius 3 is 2.52 bits per heavy atom. The molecular formula is C21H20BrClF3N3O2. The monoisotopic (exact) mass is 517 g/mol. The van der Waals surface area contributed by atoms with Gasteiger partial charge in [-0.05, 0) is 64.7 Å². The van der Waals surface area contributed by atoms with Crippen molar-refractivity contribution in [3.8, 4) is 0 Å². The average Bonchev–Trinajstić information content (AvgIpc) is 3.19. The highest BCUT2D eigenvalue weighted by Crippen LogP contribution is 2.34. The Kier molecular flexibility index (Phi) is 7.16. The first-order valence-electron chi connectivity index (χ1n) is 9.50. The molecule has 1 atom stereocenters. The second-order valence-corrected chi connectivity index (χ2v) is 8.59. The van der Waals surface area contributed by atoms with Crippen molar-refractivity contribution in [2.75, 3.05) is 18.9 Å². The average molecular weight is 519 g/mol. The predicted octanol–water partition coefficient (Wildman–Crippen LogP) is 5.78. The van der Waals surface area contributed by atoms with Gasteiger partial charge < -0.3 is 15.1 Å². The summed E-state index contributed by atoms with van der Waals surface area (Å²) in [5.74, 6) is -0.200. The number of nitrogens with one attached hydrogen (secondary N) is 1. The molecule has 1 aliphatic rings. The van der Waals surface area contributed by atoms with Crippen LogP contribution in [0.15, 0.2) is 46.9 Å². The van der Waals surface area contributed by atoms with E-state index in [1.165, 1.54) is 11.0 Å². The molecule has 3 amide bonds. The maximum atomic E-state index is 12.9. The summed E-state index contributed by atoms with van der Waals surface area (Å²) >= 11 is 8.95. The van der Waals surface area contributed by atoms with Crippen LogP contribution in [0.2, 0.25) is 5.02 Å². The second kappa shape index (κ2) is 9.48. The fourth-order valence-electron chi connectivity index (χ4n) is 3.44. The van der Waals surface area contributed by atoms with Crippen LogP contribution in [0.4, 0.5) is 23.7 Å². The molecule has 166 valence electrons. The molecule has 0 bridgehead atoms. The van der Waals surface area contributed by atoms with Crippen LogP contribution in [-0.4, -0.2) is 41.4 Å². The Morgan fingerprint density at radius 2 is 1.90 bits per heavy atom. The number of anilines is 1. The Hall–Kier alpha value is -2.26. The third-order valence-corrected chi connectivity index (χ3v) is 5.95. The molecule has 5 nitrogen and oxygen atoms in total. The summed E-state index contributed by atoms with van der Waals surface area (Å²) < 4.78 is 38.6. The van der Waals surface area contributed by atoms with Crippen molar-refractivity contribution < 1.29 is 22.8 Å². The Bertz CT molecular complexity index is 969. The number of rotatable bonds is 4. The van der Waals surface area contributed by atoms with E-state index in [-0.39, 0.29) is 16.1 Å². The normalized spacial score (nSPS) is 16.3. The number of hydrogen-bond acceptors (Lipinski definition) is 2. The van der Waals surface area contributed by atoms with E-state index < -0.39 is 23.8 Å². The van der Waals surface area contributed by atoms with Crippen LogP contribution in [0.25, 0.3) is 0 Å². The molecule has 0 spiro atoms. The summed E-state index contributed by atoms with van der Waals surface area (Å²) in [4.78, 5) is 28.7. The van der Waals surface area contributed by atoms with Crippen LogP contribution >= 0.6 is 27.5 Å². The number of benzene rings is 2. The number of amides is 3. The molecule has 1 N–H and O–H groups in total. The zero-order valence-corrected chi connectivity index (χ0v) is 18.9. The second-order valence-electron chi connectivity index (χ2n) is 7.29. The molecule has 31 heavy (non-hydrogen) atoms. The fourth-order valence-corrected chi connectivity index (χ4v) is 4.05. The first-order valence-corrected chi connectivity index (χ1v) is 10.7. The van der Waals surface area contributed by atoms with Crippen LogP contribution in [-0.2, 0) is 17.5 Å². The van der Waals surface area contributed by atoms with Gasteiger partial charge in [-0.15, -0.1) is 0 Å². The Morgan fingerprint density at radius 1 is 1.23 bits per heavy atom.